The molecular weight excluding hydrogens is 358 g/mol. The van der Waals surface area contributed by atoms with Gasteiger partial charge in [-0.2, -0.15) is 0 Å². The van der Waals surface area contributed by atoms with Crippen LogP contribution in [0.2, 0.25) is 0 Å². The summed E-state index contributed by atoms with van der Waals surface area (Å²) in [7, 11) is 0. The van der Waals surface area contributed by atoms with Crippen LogP contribution in [0.1, 0.15) is 45.1 Å². The number of hydrogen-bond donors (Lipinski definition) is 1. The maximum absolute atomic E-state index is 13.5. The zero-order valence-corrected chi connectivity index (χ0v) is 17.7. The van der Waals surface area contributed by atoms with E-state index in [0.29, 0.717) is 0 Å². The van der Waals surface area contributed by atoms with Crippen LogP contribution in [0, 0.1) is 11.3 Å². The van der Waals surface area contributed by atoms with E-state index in [1.807, 2.05) is 12.3 Å². The lowest BCUT2D eigenvalue weighted by Gasteiger charge is -2.42. The standard InChI is InChI=1S/C25H33N3O/c1-19(2)27-24(29)25(12-6-14-28(18-25)17-20-10-11-20)15-21-7-3-4-9-23(21)22-8-5-13-26-16-22/h3-5,7-9,13,16,19-20H,6,10-12,14-15,17-18H2,1-2H3,(H,27,29)/t25-/m1/s1. The highest BCUT2D eigenvalue weighted by Crippen LogP contribution is 2.39. The molecule has 1 N–H and O–H groups in total. The van der Waals surface area contributed by atoms with E-state index in [4.69, 9.17) is 0 Å². The van der Waals surface area contributed by atoms with Gasteiger partial charge in [0.2, 0.25) is 5.91 Å². The summed E-state index contributed by atoms with van der Waals surface area (Å²) in [5, 5.41) is 3.24. The van der Waals surface area contributed by atoms with Crippen molar-refractivity contribution in [3.63, 3.8) is 0 Å². The summed E-state index contributed by atoms with van der Waals surface area (Å²) >= 11 is 0. The number of amides is 1. The molecule has 0 spiro atoms. The van der Waals surface area contributed by atoms with Gasteiger partial charge < -0.3 is 10.2 Å². The van der Waals surface area contributed by atoms with Crippen LogP contribution in [-0.2, 0) is 11.2 Å². The fourth-order valence-corrected chi connectivity index (χ4v) is 4.72. The molecule has 29 heavy (non-hydrogen) atoms. The molecule has 1 saturated carbocycles. The van der Waals surface area contributed by atoms with Crippen molar-refractivity contribution in [1.82, 2.24) is 15.2 Å². The van der Waals surface area contributed by atoms with Gasteiger partial charge in [-0.3, -0.25) is 9.78 Å². The second-order valence-electron chi connectivity index (χ2n) is 9.27. The van der Waals surface area contributed by atoms with E-state index < -0.39 is 0 Å². The number of carbonyl (C=O) groups excluding carboxylic acids is 1. The van der Waals surface area contributed by atoms with E-state index in [2.05, 4.69) is 59.4 Å². The van der Waals surface area contributed by atoms with E-state index in [9.17, 15) is 4.79 Å². The van der Waals surface area contributed by atoms with Gasteiger partial charge in [-0.25, -0.2) is 0 Å². The first-order valence-corrected chi connectivity index (χ1v) is 11.1. The first-order valence-electron chi connectivity index (χ1n) is 11.1. The number of benzene rings is 1. The molecule has 2 aromatic rings. The van der Waals surface area contributed by atoms with Gasteiger partial charge in [-0.1, -0.05) is 30.3 Å². The summed E-state index contributed by atoms with van der Waals surface area (Å²) in [6.45, 7) is 7.25. The third-order valence-electron chi connectivity index (χ3n) is 6.29. The molecule has 154 valence electrons. The molecule has 2 aliphatic rings. The van der Waals surface area contributed by atoms with Crippen LogP contribution in [0.25, 0.3) is 11.1 Å². The number of rotatable bonds is 7. The zero-order chi connectivity index (χ0) is 20.3. The molecule has 4 nitrogen and oxygen atoms in total. The fraction of sp³-hybridized carbons (Fsp3) is 0.520. The normalized spacial score (nSPS) is 22.6. The third-order valence-corrected chi connectivity index (χ3v) is 6.29. The Morgan fingerprint density at radius 2 is 2.07 bits per heavy atom. The quantitative estimate of drug-likeness (QED) is 0.765. The number of hydrogen-bond acceptors (Lipinski definition) is 3. The summed E-state index contributed by atoms with van der Waals surface area (Å²) in [5.74, 6) is 1.07. The van der Waals surface area contributed by atoms with E-state index in [-0.39, 0.29) is 17.4 Å². The number of pyridine rings is 1. The minimum absolute atomic E-state index is 0.159. The number of nitrogens with zero attached hydrogens (tertiary/aromatic N) is 2. The van der Waals surface area contributed by atoms with Crippen LogP contribution >= 0.6 is 0 Å². The predicted molar refractivity (Wildman–Crippen MR) is 117 cm³/mol. The van der Waals surface area contributed by atoms with E-state index in [1.54, 1.807) is 6.20 Å². The highest BCUT2D eigenvalue weighted by Gasteiger charge is 2.43. The minimum atomic E-state index is -0.365. The Kier molecular flexibility index (Phi) is 6.00. The molecular formula is C25H33N3O. The van der Waals surface area contributed by atoms with Crippen molar-refractivity contribution in [3.8, 4) is 11.1 Å². The van der Waals surface area contributed by atoms with Gasteiger partial charge in [0.1, 0.15) is 0 Å². The van der Waals surface area contributed by atoms with Crippen LogP contribution < -0.4 is 5.32 Å². The molecule has 4 rings (SSSR count). The van der Waals surface area contributed by atoms with Gasteiger partial charge in [0, 0.05) is 37.1 Å². The Balaban J connectivity index is 1.65. The van der Waals surface area contributed by atoms with Gasteiger partial charge in [0.15, 0.2) is 0 Å². The van der Waals surface area contributed by atoms with Crippen LogP contribution in [0.15, 0.2) is 48.8 Å². The average molecular weight is 392 g/mol. The number of aromatic nitrogens is 1. The minimum Gasteiger partial charge on any atom is -0.353 e. The smallest absolute Gasteiger partial charge is 0.228 e. The van der Waals surface area contributed by atoms with Crippen molar-refractivity contribution in [2.75, 3.05) is 19.6 Å². The topological polar surface area (TPSA) is 45.2 Å². The van der Waals surface area contributed by atoms with Crippen LogP contribution in [0.4, 0.5) is 0 Å². The third kappa shape index (κ3) is 4.87. The number of likely N-dealkylation sites (tertiary alicyclic amines) is 1. The largest absolute Gasteiger partial charge is 0.353 e. The monoisotopic (exact) mass is 391 g/mol. The Labute approximate surface area is 174 Å². The molecule has 1 aromatic heterocycles. The molecule has 0 bridgehead atoms. The first-order chi connectivity index (χ1) is 14.1. The molecule has 1 amide bonds. The SMILES string of the molecule is CC(C)NC(=O)[C@@]1(Cc2ccccc2-c2cccnc2)CCCN(CC2CC2)C1. The van der Waals surface area contributed by atoms with Gasteiger partial charge in [0.05, 0.1) is 5.41 Å². The fourth-order valence-electron chi connectivity index (χ4n) is 4.72. The molecule has 1 aromatic carbocycles. The van der Waals surface area contributed by atoms with Crippen LogP contribution in [0.3, 0.4) is 0 Å². The number of nitrogens with one attached hydrogen (secondary N) is 1. The molecule has 2 fully saturated rings. The molecule has 2 heterocycles. The highest BCUT2D eigenvalue weighted by atomic mass is 16.2. The molecule has 1 atom stereocenters. The van der Waals surface area contributed by atoms with Gasteiger partial charge in [-0.05, 0) is 75.6 Å². The molecule has 1 saturated heterocycles. The summed E-state index contributed by atoms with van der Waals surface area (Å²) < 4.78 is 0. The summed E-state index contributed by atoms with van der Waals surface area (Å²) in [6, 6.07) is 12.8. The number of piperidine rings is 1. The molecule has 1 aliphatic heterocycles. The molecule has 0 unspecified atom stereocenters. The average Bonchev–Trinajstić information content (AvgIpc) is 3.53. The Morgan fingerprint density at radius 3 is 2.79 bits per heavy atom. The molecule has 4 heteroatoms. The van der Waals surface area contributed by atoms with Crippen molar-refractivity contribution in [1.29, 1.82) is 0 Å². The molecule has 0 radical (unpaired) electrons. The Hall–Kier alpha value is -2.20. The summed E-state index contributed by atoms with van der Waals surface area (Å²) in [5.41, 5.74) is 3.19. The zero-order valence-electron chi connectivity index (χ0n) is 17.7. The predicted octanol–water partition coefficient (Wildman–Crippen LogP) is 4.31. The van der Waals surface area contributed by atoms with Crippen molar-refractivity contribution in [2.45, 2.75) is 52.0 Å². The van der Waals surface area contributed by atoms with Crippen molar-refractivity contribution in [3.05, 3.63) is 54.4 Å². The first kappa shape index (κ1) is 20.1. The van der Waals surface area contributed by atoms with Crippen LogP contribution in [-0.4, -0.2) is 41.5 Å². The Bertz CT molecular complexity index is 831. The van der Waals surface area contributed by atoms with E-state index in [1.165, 1.54) is 24.0 Å². The van der Waals surface area contributed by atoms with Gasteiger partial charge >= 0.3 is 0 Å². The second-order valence-corrected chi connectivity index (χ2v) is 9.27. The maximum Gasteiger partial charge on any atom is 0.228 e. The highest BCUT2D eigenvalue weighted by molar-refractivity contribution is 5.84. The molecule has 1 aliphatic carbocycles. The number of carbonyl (C=O) groups is 1. The summed E-state index contributed by atoms with van der Waals surface area (Å²) in [4.78, 5) is 20.3. The van der Waals surface area contributed by atoms with Crippen molar-refractivity contribution >= 4 is 5.91 Å². The lowest BCUT2D eigenvalue weighted by atomic mass is 9.73. The van der Waals surface area contributed by atoms with Crippen LogP contribution in [0.5, 0.6) is 0 Å². The van der Waals surface area contributed by atoms with Gasteiger partial charge in [-0.15, -0.1) is 0 Å². The van der Waals surface area contributed by atoms with Crippen molar-refractivity contribution < 1.29 is 4.79 Å². The summed E-state index contributed by atoms with van der Waals surface area (Å²) in [6.07, 6.45) is 9.25. The van der Waals surface area contributed by atoms with E-state index >= 15 is 0 Å². The maximum atomic E-state index is 13.5. The van der Waals surface area contributed by atoms with Gasteiger partial charge in [0.25, 0.3) is 0 Å². The van der Waals surface area contributed by atoms with Crippen molar-refractivity contribution in [2.24, 2.45) is 11.3 Å². The lowest BCUT2D eigenvalue weighted by molar-refractivity contribution is -0.135. The lowest BCUT2D eigenvalue weighted by Crippen LogP contribution is -2.54. The van der Waals surface area contributed by atoms with E-state index in [0.717, 1.165) is 50.4 Å². The second kappa shape index (κ2) is 8.66. The Morgan fingerprint density at radius 1 is 1.24 bits per heavy atom.